The first-order valence-corrected chi connectivity index (χ1v) is 8.02. The van der Waals surface area contributed by atoms with Crippen LogP contribution >= 0.6 is 11.6 Å². The maximum Gasteiger partial charge on any atom is 0.335 e. The standard InChI is InChI=1S/C18H17ClFNO3/c19-15-4-3-12(8-16(15)20)17(22)10-21-6-5-11-1-2-13(18(23)24)7-14(11)9-21/h1-4,7-8,17,22H,5-6,9-10H2,(H,23,24). The number of fused-ring (bicyclic) bond motifs is 1. The predicted molar refractivity (Wildman–Crippen MR) is 88.8 cm³/mol. The Hall–Kier alpha value is -1.95. The molecule has 1 unspecified atom stereocenters. The molecule has 6 heteroatoms. The van der Waals surface area contributed by atoms with Crippen LogP contribution in [0.15, 0.2) is 36.4 Å². The molecule has 3 rings (SSSR count). The van der Waals surface area contributed by atoms with Crippen LogP contribution in [0, 0.1) is 5.82 Å². The molecule has 0 aromatic heterocycles. The third-order valence-corrected chi connectivity index (χ3v) is 4.61. The van der Waals surface area contributed by atoms with Crippen molar-refractivity contribution in [2.45, 2.75) is 19.1 Å². The molecule has 0 aliphatic carbocycles. The minimum absolute atomic E-state index is 0.0269. The van der Waals surface area contributed by atoms with E-state index in [9.17, 15) is 14.3 Å². The number of rotatable bonds is 4. The van der Waals surface area contributed by atoms with Gasteiger partial charge >= 0.3 is 5.97 Å². The molecule has 0 saturated heterocycles. The molecule has 0 fully saturated rings. The molecular weight excluding hydrogens is 333 g/mol. The first-order chi connectivity index (χ1) is 11.4. The highest BCUT2D eigenvalue weighted by molar-refractivity contribution is 6.30. The third kappa shape index (κ3) is 3.59. The Kier molecular flexibility index (Phi) is 4.85. The van der Waals surface area contributed by atoms with E-state index in [4.69, 9.17) is 16.7 Å². The number of aliphatic hydroxyl groups is 1. The van der Waals surface area contributed by atoms with Crippen LogP contribution in [0.2, 0.25) is 5.02 Å². The minimum Gasteiger partial charge on any atom is -0.478 e. The molecule has 4 nitrogen and oxygen atoms in total. The van der Waals surface area contributed by atoms with Gasteiger partial charge in [-0.15, -0.1) is 0 Å². The van der Waals surface area contributed by atoms with Crippen LogP contribution in [0.25, 0.3) is 0 Å². The fourth-order valence-corrected chi connectivity index (χ4v) is 3.09. The van der Waals surface area contributed by atoms with E-state index < -0.39 is 17.9 Å². The quantitative estimate of drug-likeness (QED) is 0.889. The Morgan fingerprint density at radius 1 is 1.25 bits per heavy atom. The molecule has 0 amide bonds. The van der Waals surface area contributed by atoms with E-state index in [1.54, 1.807) is 18.2 Å². The molecule has 2 N–H and O–H groups in total. The summed E-state index contributed by atoms with van der Waals surface area (Å²) in [7, 11) is 0. The van der Waals surface area contributed by atoms with E-state index in [0.29, 0.717) is 18.7 Å². The van der Waals surface area contributed by atoms with Gasteiger partial charge in [0.05, 0.1) is 16.7 Å². The average Bonchev–Trinajstić information content (AvgIpc) is 2.56. The summed E-state index contributed by atoms with van der Waals surface area (Å²) in [6, 6.07) is 9.42. The summed E-state index contributed by atoms with van der Waals surface area (Å²) in [4.78, 5) is 13.1. The lowest BCUT2D eigenvalue weighted by molar-refractivity contribution is 0.0696. The summed E-state index contributed by atoms with van der Waals surface area (Å²) in [6.07, 6.45) is -0.0438. The molecule has 1 heterocycles. The number of carboxylic acid groups (broad SMARTS) is 1. The van der Waals surface area contributed by atoms with Gasteiger partial charge in [-0.25, -0.2) is 9.18 Å². The van der Waals surface area contributed by atoms with Crippen LogP contribution in [0.3, 0.4) is 0 Å². The van der Waals surface area contributed by atoms with Crippen molar-refractivity contribution >= 4 is 17.6 Å². The summed E-state index contributed by atoms with van der Waals surface area (Å²) < 4.78 is 13.5. The summed E-state index contributed by atoms with van der Waals surface area (Å²) in [5.74, 6) is -1.50. The van der Waals surface area contributed by atoms with Crippen molar-refractivity contribution in [1.82, 2.24) is 4.90 Å². The van der Waals surface area contributed by atoms with Crippen molar-refractivity contribution in [3.63, 3.8) is 0 Å². The van der Waals surface area contributed by atoms with Crippen molar-refractivity contribution < 1.29 is 19.4 Å². The Morgan fingerprint density at radius 3 is 2.75 bits per heavy atom. The van der Waals surface area contributed by atoms with Crippen LogP contribution in [0.1, 0.15) is 33.2 Å². The smallest absolute Gasteiger partial charge is 0.335 e. The molecule has 2 aromatic rings. The van der Waals surface area contributed by atoms with Gasteiger partial charge < -0.3 is 10.2 Å². The van der Waals surface area contributed by atoms with Gasteiger partial charge in [-0.3, -0.25) is 4.90 Å². The first-order valence-electron chi connectivity index (χ1n) is 7.64. The number of benzene rings is 2. The van der Waals surface area contributed by atoms with Crippen molar-refractivity contribution in [2.75, 3.05) is 13.1 Å². The largest absolute Gasteiger partial charge is 0.478 e. The normalized spacial score (nSPS) is 15.8. The average molecular weight is 350 g/mol. The summed E-state index contributed by atoms with van der Waals surface area (Å²) >= 11 is 5.66. The lowest BCUT2D eigenvalue weighted by atomic mass is 9.96. The summed E-state index contributed by atoms with van der Waals surface area (Å²) in [6.45, 7) is 1.66. The SMILES string of the molecule is O=C(O)c1ccc2c(c1)CN(CC(O)c1ccc(Cl)c(F)c1)CC2. The van der Waals surface area contributed by atoms with E-state index in [-0.39, 0.29) is 10.6 Å². The van der Waals surface area contributed by atoms with E-state index in [1.165, 1.54) is 12.1 Å². The number of halogens is 2. The number of nitrogens with zero attached hydrogens (tertiary/aromatic N) is 1. The second-order valence-corrected chi connectivity index (χ2v) is 6.37. The fraction of sp³-hybridized carbons (Fsp3) is 0.278. The Bertz CT molecular complexity index is 781. The molecule has 1 atom stereocenters. The summed E-state index contributed by atoms with van der Waals surface area (Å²) in [5, 5.41) is 19.5. The second kappa shape index (κ2) is 6.89. The molecule has 1 aliphatic rings. The van der Waals surface area contributed by atoms with Crippen LogP contribution in [0.4, 0.5) is 4.39 Å². The zero-order valence-electron chi connectivity index (χ0n) is 12.9. The minimum atomic E-state index is -0.952. The molecule has 0 bridgehead atoms. The highest BCUT2D eigenvalue weighted by atomic mass is 35.5. The lowest BCUT2D eigenvalue weighted by Crippen LogP contribution is -2.34. The van der Waals surface area contributed by atoms with Crippen molar-refractivity contribution in [3.05, 3.63) is 69.5 Å². The zero-order chi connectivity index (χ0) is 17.3. The fourth-order valence-electron chi connectivity index (χ4n) is 2.97. The number of aromatic carboxylic acids is 1. The van der Waals surface area contributed by atoms with Gasteiger partial charge in [0.2, 0.25) is 0 Å². The van der Waals surface area contributed by atoms with E-state index in [0.717, 1.165) is 24.1 Å². The molecule has 0 saturated carbocycles. The number of hydrogen-bond acceptors (Lipinski definition) is 3. The zero-order valence-corrected chi connectivity index (χ0v) is 13.6. The summed E-state index contributed by atoms with van der Waals surface area (Å²) in [5.41, 5.74) is 2.82. The number of aliphatic hydroxyl groups excluding tert-OH is 1. The van der Waals surface area contributed by atoms with Gasteiger partial charge in [0.25, 0.3) is 0 Å². The predicted octanol–water partition coefficient (Wildman–Crippen LogP) is 3.27. The van der Waals surface area contributed by atoms with Crippen molar-refractivity contribution in [2.24, 2.45) is 0 Å². The Balaban J connectivity index is 1.72. The molecular formula is C18H17ClFNO3. The Labute approximate surface area is 144 Å². The van der Waals surface area contributed by atoms with Gasteiger partial charge in [0.15, 0.2) is 0 Å². The van der Waals surface area contributed by atoms with Crippen LogP contribution in [-0.4, -0.2) is 34.2 Å². The number of carboxylic acids is 1. The van der Waals surface area contributed by atoms with Gasteiger partial charge in [-0.05, 0) is 47.4 Å². The molecule has 2 aromatic carbocycles. The maximum absolute atomic E-state index is 13.5. The number of hydrogen-bond donors (Lipinski definition) is 2. The molecule has 0 spiro atoms. The van der Waals surface area contributed by atoms with Crippen LogP contribution < -0.4 is 0 Å². The second-order valence-electron chi connectivity index (χ2n) is 5.96. The maximum atomic E-state index is 13.5. The van der Waals surface area contributed by atoms with Crippen molar-refractivity contribution in [1.29, 1.82) is 0 Å². The number of carbonyl (C=O) groups is 1. The van der Waals surface area contributed by atoms with Crippen molar-refractivity contribution in [3.8, 4) is 0 Å². The molecule has 126 valence electrons. The van der Waals surface area contributed by atoms with Gasteiger partial charge in [0.1, 0.15) is 5.82 Å². The Morgan fingerprint density at radius 2 is 2.04 bits per heavy atom. The van der Waals surface area contributed by atoms with E-state index >= 15 is 0 Å². The lowest BCUT2D eigenvalue weighted by Gasteiger charge is -2.30. The third-order valence-electron chi connectivity index (χ3n) is 4.30. The monoisotopic (exact) mass is 349 g/mol. The number of β-amino-alcohol motifs (C(OH)–C–C–N with tert-alkyl or cyclic N) is 1. The van der Waals surface area contributed by atoms with Gasteiger partial charge in [-0.2, -0.15) is 0 Å². The van der Waals surface area contributed by atoms with Gasteiger partial charge in [0, 0.05) is 19.6 Å². The van der Waals surface area contributed by atoms with E-state index in [1.807, 2.05) is 11.0 Å². The van der Waals surface area contributed by atoms with Crippen LogP contribution in [-0.2, 0) is 13.0 Å². The highest BCUT2D eigenvalue weighted by Crippen LogP contribution is 2.25. The topological polar surface area (TPSA) is 60.8 Å². The van der Waals surface area contributed by atoms with Crippen LogP contribution in [0.5, 0.6) is 0 Å². The highest BCUT2D eigenvalue weighted by Gasteiger charge is 2.21. The first kappa shape index (κ1) is 16.9. The molecule has 24 heavy (non-hydrogen) atoms. The van der Waals surface area contributed by atoms with E-state index in [2.05, 4.69) is 0 Å². The molecule has 1 aliphatic heterocycles. The molecule has 0 radical (unpaired) electrons. The van der Waals surface area contributed by atoms with Gasteiger partial charge in [-0.1, -0.05) is 23.7 Å².